The predicted molar refractivity (Wildman–Crippen MR) is 125 cm³/mol. The number of amides is 1. The summed E-state index contributed by atoms with van der Waals surface area (Å²) in [7, 11) is 0.997. The van der Waals surface area contributed by atoms with Gasteiger partial charge >= 0.3 is 7.48 Å². The quantitative estimate of drug-likeness (QED) is 0.410. The zero-order valence-corrected chi connectivity index (χ0v) is 17.6. The Morgan fingerprint density at radius 1 is 0.909 bits per heavy atom. The number of carbonyl (C=O) groups is 1. The molecule has 0 atom stereocenters. The van der Waals surface area contributed by atoms with Gasteiger partial charge in [0.25, 0.3) is 5.91 Å². The molecule has 1 amide bonds. The van der Waals surface area contributed by atoms with Crippen molar-refractivity contribution in [2.75, 3.05) is 10.2 Å². The van der Waals surface area contributed by atoms with E-state index in [1.54, 1.807) is 12.3 Å². The zero-order valence-electron chi connectivity index (χ0n) is 17.6. The van der Waals surface area contributed by atoms with Gasteiger partial charge in [0.2, 0.25) is 5.95 Å². The van der Waals surface area contributed by atoms with Crippen molar-refractivity contribution in [1.82, 2.24) is 15.0 Å². The Labute approximate surface area is 191 Å². The minimum absolute atomic E-state index is 0.281. The molecule has 0 spiro atoms. The van der Waals surface area contributed by atoms with E-state index in [2.05, 4.69) is 20.3 Å². The van der Waals surface area contributed by atoms with Gasteiger partial charge in [-0.1, -0.05) is 36.4 Å². The summed E-state index contributed by atoms with van der Waals surface area (Å²) < 4.78 is 13.1. The fourth-order valence-corrected chi connectivity index (χ4v) is 3.14. The second kappa shape index (κ2) is 10.5. The van der Waals surface area contributed by atoms with Crippen molar-refractivity contribution in [3.8, 4) is 0 Å². The summed E-state index contributed by atoms with van der Waals surface area (Å²) in [5, 5.41) is 11.8. The lowest BCUT2D eigenvalue weighted by molar-refractivity contribution is 0.102. The van der Waals surface area contributed by atoms with Gasteiger partial charge in [-0.15, -0.1) is 0 Å². The molecule has 9 heteroatoms. The third-order valence-electron chi connectivity index (χ3n) is 4.85. The van der Waals surface area contributed by atoms with Crippen LogP contribution in [0.4, 0.5) is 16.0 Å². The van der Waals surface area contributed by atoms with E-state index < -0.39 is 0 Å². The number of aromatic nitrogens is 3. The summed E-state index contributed by atoms with van der Waals surface area (Å²) in [6.45, 7) is 0.971. The maximum atomic E-state index is 13.1. The summed E-state index contributed by atoms with van der Waals surface area (Å²) in [5.41, 5.74) is 3.22. The van der Waals surface area contributed by atoms with Gasteiger partial charge in [-0.3, -0.25) is 9.78 Å². The van der Waals surface area contributed by atoms with E-state index in [0.29, 0.717) is 30.2 Å². The van der Waals surface area contributed by atoms with E-state index in [-0.39, 0.29) is 17.3 Å². The van der Waals surface area contributed by atoms with Crippen LogP contribution < -0.4 is 15.7 Å². The molecule has 4 aromatic rings. The number of rotatable bonds is 8. The first-order valence-electron chi connectivity index (χ1n) is 10.2. The average Bonchev–Trinajstić information content (AvgIpc) is 2.86. The predicted octanol–water partition coefficient (Wildman–Crippen LogP) is 2.71. The number of anilines is 2. The first-order chi connectivity index (χ1) is 16.1. The van der Waals surface area contributed by atoms with Crippen molar-refractivity contribution in [2.45, 2.75) is 13.1 Å². The topological polar surface area (TPSA) is 91.2 Å². The van der Waals surface area contributed by atoms with Gasteiger partial charge in [-0.05, 0) is 41.4 Å². The summed E-state index contributed by atoms with van der Waals surface area (Å²) >= 11 is 0. The number of nitrogens with one attached hydrogen (secondary N) is 1. The van der Waals surface area contributed by atoms with Crippen molar-refractivity contribution in [3.05, 3.63) is 108 Å². The van der Waals surface area contributed by atoms with Crippen LogP contribution >= 0.6 is 0 Å². The molecule has 7 nitrogen and oxygen atoms in total. The van der Waals surface area contributed by atoms with Crippen LogP contribution in [0.5, 0.6) is 0 Å². The van der Waals surface area contributed by atoms with Crippen molar-refractivity contribution in [2.24, 2.45) is 0 Å². The lowest BCUT2D eigenvalue weighted by Gasteiger charge is -2.22. The normalized spacial score (nSPS) is 10.5. The Morgan fingerprint density at radius 2 is 1.64 bits per heavy atom. The molecule has 0 unspecified atom stereocenters. The summed E-state index contributed by atoms with van der Waals surface area (Å²) in [5.74, 6) is -0.324. The lowest BCUT2D eigenvalue weighted by atomic mass is 9.91. The van der Waals surface area contributed by atoms with Crippen LogP contribution in [-0.4, -0.2) is 33.4 Å². The first kappa shape index (κ1) is 22.1. The Bertz CT molecular complexity index is 1190. The largest absolute Gasteiger partial charge is 0.450 e. The fraction of sp³-hybridized carbons (Fsp3) is 0.0833. The Morgan fingerprint density at radius 3 is 2.27 bits per heavy atom. The highest BCUT2D eigenvalue weighted by Crippen LogP contribution is 2.16. The van der Waals surface area contributed by atoms with E-state index in [1.165, 1.54) is 36.7 Å². The Kier molecular flexibility index (Phi) is 7.01. The number of benzene rings is 2. The molecule has 2 N–H and O–H groups in total. The van der Waals surface area contributed by atoms with E-state index in [9.17, 15) is 9.18 Å². The van der Waals surface area contributed by atoms with E-state index in [4.69, 9.17) is 5.02 Å². The Balaban J connectivity index is 1.52. The highest BCUT2D eigenvalue weighted by atomic mass is 19.1. The first-order valence-corrected chi connectivity index (χ1v) is 10.2. The maximum Gasteiger partial charge on any atom is 0.328 e. The molecule has 2 aromatic carbocycles. The summed E-state index contributed by atoms with van der Waals surface area (Å²) in [6, 6.07) is 19.0. The highest BCUT2D eigenvalue weighted by molar-refractivity contribution is 6.45. The van der Waals surface area contributed by atoms with Crippen molar-refractivity contribution < 1.29 is 14.2 Å². The second-order valence-corrected chi connectivity index (χ2v) is 7.29. The number of halogens is 1. The van der Waals surface area contributed by atoms with Gasteiger partial charge in [-0.2, -0.15) is 0 Å². The Hall–Kier alpha value is -4.11. The second-order valence-electron chi connectivity index (χ2n) is 7.29. The third-order valence-corrected chi connectivity index (χ3v) is 4.85. The molecular formula is C24H20BFN5O2. The van der Waals surface area contributed by atoms with Gasteiger partial charge in [0.1, 0.15) is 5.82 Å². The standard InChI is InChI=1S/C24H20BFN5O2/c26-20-7-10-21(11-8-20)30-23(32)18-12-28-24(29-13-18)31(15-17-4-2-1-3-5-17)16-22-9-6-19(25-33)14-27-22/h1-14,33H,15-16H2,(H,30,32). The van der Waals surface area contributed by atoms with Gasteiger partial charge in [0, 0.05) is 30.8 Å². The average molecular weight is 440 g/mol. The summed E-state index contributed by atoms with van der Waals surface area (Å²) in [6.07, 6.45) is 4.49. The molecule has 0 aliphatic rings. The molecule has 2 aromatic heterocycles. The smallest absolute Gasteiger partial charge is 0.328 e. The molecule has 0 saturated carbocycles. The number of pyridine rings is 1. The van der Waals surface area contributed by atoms with Crippen LogP contribution in [0.2, 0.25) is 0 Å². The number of nitrogens with zero attached hydrogens (tertiary/aromatic N) is 4. The molecule has 0 aliphatic carbocycles. The van der Waals surface area contributed by atoms with Crippen LogP contribution in [0.25, 0.3) is 0 Å². The SMILES string of the molecule is O=C(Nc1ccc(F)cc1)c1cnc(N(Cc2ccccc2)Cc2ccc([B]O)cn2)nc1. The molecule has 0 aliphatic heterocycles. The summed E-state index contributed by atoms with van der Waals surface area (Å²) in [4.78, 5) is 27.6. The van der Waals surface area contributed by atoms with Gasteiger partial charge < -0.3 is 15.2 Å². The van der Waals surface area contributed by atoms with Crippen LogP contribution in [-0.2, 0) is 13.1 Å². The number of carbonyl (C=O) groups excluding carboxylic acids is 1. The van der Waals surface area contributed by atoms with E-state index in [1.807, 2.05) is 41.3 Å². The minimum Gasteiger partial charge on any atom is -0.450 e. The molecule has 1 radical (unpaired) electrons. The fourth-order valence-electron chi connectivity index (χ4n) is 3.14. The molecular weight excluding hydrogens is 420 g/mol. The van der Waals surface area contributed by atoms with Gasteiger partial charge in [0.05, 0.1) is 17.8 Å². The molecule has 163 valence electrons. The van der Waals surface area contributed by atoms with E-state index in [0.717, 1.165) is 18.7 Å². The molecule has 0 fully saturated rings. The highest BCUT2D eigenvalue weighted by Gasteiger charge is 2.14. The van der Waals surface area contributed by atoms with Crippen LogP contribution in [0, 0.1) is 5.82 Å². The van der Waals surface area contributed by atoms with Crippen molar-refractivity contribution in [1.29, 1.82) is 0 Å². The zero-order chi connectivity index (χ0) is 23.0. The molecule has 2 heterocycles. The van der Waals surface area contributed by atoms with Crippen molar-refractivity contribution >= 4 is 30.5 Å². The minimum atomic E-state index is -0.389. The van der Waals surface area contributed by atoms with Crippen LogP contribution in [0.15, 0.2) is 85.3 Å². The third kappa shape index (κ3) is 5.99. The van der Waals surface area contributed by atoms with Crippen molar-refractivity contribution in [3.63, 3.8) is 0 Å². The molecule has 4 rings (SSSR count). The van der Waals surface area contributed by atoms with Gasteiger partial charge in [-0.25, -0.2) is 14.4 Å². The van der Waals surface area contributed by atoms with Gasteiger partial charge in [0.15, 0.2) is 0 Å². The maximum absolute atomic E-state index is 13.1. The number of hydrogen-bond donors (Lipinski definition) is 2. The molecule has 33 heavy (non-hydrogen) atoms. The monoisotopic (exact) mass is 440 g/mol. The molecule has 0 bridgehead atoms. The van der Waals surface area contributed by atoms with E-state index >= 15 is 0 Å². The number of hydrogen-bond acceptors (Lipinski definition) is 6. The van der Waals surface area contributed by atoms with Crippen LogP contribution in [0.3, 0.4) is 0 Å². The molecule has 0 saturated heterocycles. The van der Waals surface area contributed by atoms with Crippen LogP contribution in [0.1, 0.15) is 21.6 Å². The lowest BCUT2D eigenvalue weighted by Crippen LogP contribution is -2.26.